The summed E-state index contributed by atoms with van der Waals surface area (Å²) in [5.74, 6) is 0.617. The minimum absolute atomic E-state index is 0.462. The van der Waals surface area contributed by atoms with Gasteiger partial charge in [0.25, 0.3) is 0 Å². The Balaban J connectivity index is 3.89. The maximum Gasteiger partial charge on any atom is 0.408 e. The summed E-state index contributed by atoms with van der Waals surface area (Å²) in [6, 6.07) is 0. The van der Waals surface area contributed by atoms with Crippen molar-refractivity contribution < 1.29 is 13.9 Å². The first-order valence-electron chi connectivity index (χ1n) is 5.69. The van der Waals surface area contributed by atoms with Crippen LogP contribution in [0.1, 0.15) is 39.5 Å². The monoisotopic (exact) mass is 255 g/mol. The normalized spacial score (nSPS) is 15.2. The van der Waals surface area contributed by atoms with Crippen LogP contribution in [0.2, 0.25) is 0 Å². The van der Waals surface area contributed by atoms with Crippen molar-refractivity contribution in [2.45, 2.75) is 39.5 Å². The van der Waals surface area contributed by atoms with Crippen molar-refractivity contribution in [2.75, 3.05) is 25.1 Å². The van der Waals surface area contributed by atoms with Crippen LogP contribution in [0.4, 0.5) is 0 Å². The van der Waals surface area contributed by atoms with Crippen molar-refractivity contribution in [3.63, 3.8) is 0 Å². The predicted molar refractivity (Wildman–Crippen MR) is 69.6 cm³/mol. The van der Waals surface area contributed by atoms with E-state index < -0.39 is 7.94 Å². The third-order valence-corrected chi connectivity index (χ3v) is 4.21. The van der Waals surface area contributed by atoms with Crippen molar-refractivity contribution in [1.29, 1.82) is 0 Å². The summed E-state index contributed by atoms with van der Waals surface area (Å²) in [5, 5.41) is 0. The third kappa shape index (κ3) is 8.47. The lowest BCUT2D eigenvalue weighted by atomic mass is 10.4. The summed E-state index contributed by atoms with van der Waals surface area (Å²) in [4.78, 5) is 10.1. The molecule has 0 saturated carbocycles. The Labute approximate surface area is 99.5 Å². The number of hydrogen-bond donors (Lipinski definition) is 2. The van der Waals surface area contributed by atoms with Gasteiger partial charge < -0.3 is 0 Å². The fraction of sp³-hybridized carbons (Fsp3) is 1.00. The Hall–Kier alpha value is 0.660. The lowest BCUT2D eigenvalue weighted by Gasteiger charge is -2.16. The van der Waals surface area contributed by atoms with E-state index in [0.29, 0.717) is 25.1 Å². The number of thiol groups is 1. The Kier molecular flexibility index (Phi) is 10.3. The largest absolute Gasteiger partial charge is 0.408 e. The zero-order valence-electron chi connectivity index (χ0n) is 9.81. The fourth-order valence-corrected chi connectivity index (χ4v) is 3.13. The minimum atomic E-state index is -2.58. The third-order valence-electron chi connectivity index (χ3n) is 1.97. The molecule has 1 atom stereocenters. The second kappa shape index (κ2) is 9.86. The molecule has 0 aliphatic heterocycles. The average Bonchev–Trinajstić information content (AvgIpc) is 2.24. The Morgan fingerprint density at radius 2 is 1.67 bits per heavy atom. The Morgan fingerprint density at radius 1 is 1.07 bits per heavy atom. The standard InChI is InChI=1S/C10H23O3PS/c1-3-5-7-12-14(11,9-6-4-2)13-8-10-15/h11H,3-10H2,1-2H3/p+1. The molecule has 0 heterocycles. The fourth-order valence-electron chi connectivity index (χ4n) is 1.06. The highest BCUT2D eigenvalue weighted by Gasteiger charge is 2.39. The van der Waals surface area contributed by atoms with Crippen LogP contribution in [-0.4, -0.2) is 30.0 Å². The molecule has 0 rings (SSSR count). The lowest BCUT2D eigenvalue weighted by Crippen LogP contribution is -2.09. The molecule has 1 unspecified atom stereocenters. The molecule has 1 N–H and O–H groups in total. The molecule has 0 aliphatic rings. The molecule has 15 heavy (non-hydrogen) atoms. The zero-order chi connectivity index (χ0) is 11.6. The summed E-state index contributed by atoms with van der Waals surface area (Å²) >= 11 is 4.06. The first-order chi connectivity index (χ1) is 7.18. The SMILES string of the molecule is CCCCO[P+](O)(CCCC)OCCS. The van der Waals surface area contributed by atoms with E-state index in [2.05, 4.69) is 26.5 Å². The van der Waals surface area contributed by atoms with Gasteiger partial charge in [-0.05, 0) is 12.8 Å². The van der Waals surface area contributed by atoms with Crippen molar-refractivity contribution in [1.82, 2.24) is 0 Å². The van der Waals surface area contributed by atoms with Crippen molar-refractivity contribution in [2.24, 2.45) is 0 Å². The van der Waals surface area contributed by atoms with E-state index >= 15 is 0 Å². The van der Waals surface area contributed by atoms with E-state index in [4.69, 9.17) is 9.05 Å². The molecule has 0 radical (unpaired) electrons. The van der Waals surface area contributed by atoms with Crippen LogP contribution in [0.5, 0.6) is 0 Å². The second-order valence-electron chi connectivity index (χ2n) is 3.46. The van der Waals surface area contributed by atoms with E-state index in [1.807, 2.05) is 0 Å². The smallest absolute Gasteiger partial charge is 0.193 e. The molecule has 5 heteroatoms. The molecule has 0 spiro atoms. The van der Waals surface area contributed by atoms with E-state index in [1.54, 1.807) is 0 Å². The molecular weight excluding hydrogens is 231 g/mol. The molecule has 0 saturated heterocycles. The molecule has 0 aromatic rings. The summed E-state index contributed by atoms with van der Waals surface area (Å²) < 4.78 is 10.9. The van der Waals surface area contributed by atoms with Gasteiger partial charge in [-0.15, -0.1) is 0 Å². The Morgan fingerprint density at radius 3 is 2.20 bits per heavy atom. The molecule has 0 fully saturated rings. The highest BCUT2D eigenvalue weighted by Crippen LogP contribution is 2.57. The topological polar surface area (TPSA) is 38.7 Å². The van der Waals surface area contributed by atoms with Gasteiger partial charge in [0.1, 0.15) is 12.8 Å². The molecule has 0 amide bonds. The lowest BCUT2D eigenvalue weighted by molar-refractivity contribution is 0.181. The molecule has 0 aromatic carbocycles. The van der Waals surface area contributed by atoms with Crippen molar-refractivity contribution in [3.05, 3.63) is 0 Å². The van der Waals surface area contributed by atoms with Crippen LogP contribution in [-0.2, 0) is 9.05 Å². The molecule has 0 aliphatic carbocycles. The van der Waals surface area contributed by atoms with Crippen LogP contribution in [0.15, 0.2) is 0 Å². The van der Waals surface area contributed by atoms with Crippen LogP contribution in [0, 0.1) is 0 Å². The van der Waals surface area contributed by atoms with Gasteiger partial charge >= 0.3 is 7.94 Å². The number of unbranched alkanes of at least 4 members (excludes halogenated alkanes) is 2. The molecule has 0 bridgehead atoms. The van der Waals surface area contributed by atoms with Gasteiger partial charge in [-0.2, -0.15) is 26.6 Å². The molecule has 0 aromatic heterocycles. The summed E-state index contributed by atoms with van der Waals surface area (Å²) in [6.07, 6.45) is 4.67. The van der Waals surface area contributed by atoms with Gasteiger partial charge in [0, 0.05) is 5.75 Å². The number of hydrogen-bond acceptors (Lipinski definition) is 4. The minimum Gasteiger partial charge on any atom is -0.193 e. The number of rotatable bonds is 10. The van der Waals surface area contributed by atoms with Gasteiger partial charge in [0.2, 0.25) is 0 Å². The van der Waals surface area contributed by atoms with E-state index in [0.717, 1.165) is 25.7 Å². The van der Waals surface area contributed by atoms with E-state index in [-0.39, 0.29) is 0 Å². The summed E-state index contributed by atoms with van der Waals surface area (Å²) in [7, 11) is -2.58. The van der Waals surface area contributed by atoms with Gasteiger partial charge in [-0.1, -0.05) is 26.7 Å². The molecular formula is C10H24O3PS+. The molecule has 92 valence electrons. The maximum absolute atomic E-state index is 10.1. The van der Waals surface area contributed by atoms with Crippen LogP contribution >= 0.6 is 20.6 Å². The predicted octanol–water partition coefficient (Wildman–Crippen LogP) is 3.30. The highest BCUT2D eigenvalue weighted by atomic mass is 32.1. The quantitative estimate of drug-likeness (QED) is 0.357. The van der Waals surface area contributed by atoms with E-state index in [9.17, 15) is 4.89 Å². The van der Waals surface area contributed by atoms with Gasteiger partial charge in [-0.3, -0.25) is 0 Å². The van der Waals surface area contributed by atoms with Crippen LogP contribution in [0.25, 0.3) is 0 Å². The van der Waals surface area contributed by atoms with Gasteiger partial charge in [-0.25, -0.2) is 0 Å². The Bertz CT molecular complexity index is 139. The van der Waals surface area contributed by atoms with Crippen molar-refractivity contribution >= 4 is 20.6 Å². The van der Waals surface area contributed by atoms with Gasteiger partial charge in [0.05, 0.1) is 6.61 Å². The first-order valence-corrected chi connectivity index (χ1v) is 8.08. The maximum atomic E-state index is 10.1. The molecule has 3 nitrogen and oxygen atoms in total. The average molecular weight is 255 g/mol. The van der Waals surface area contributed by atoms with Crippen LogP contribution in [0.3, 0.4) is 0 Å². The van der Waals surface area contributed by atoms with Crippen molar-refractivity contribution in [3.8, 4) is 0 Å². The van der Waals surface area contributed by atoms with Gasteiger partial charge in [0.15, 0.2) is 0 Å². The second-order valence-corrected chi connectivity index (χ2v) is 6.14. The van der Waals surface area contributed by atoms with E-state index in [1.165, 1.54) is 0 Å². The zero-order valence-corrected chi connectivity index (χ0v) is 11.6. The summed E-state index contributed by atoms with van der Waals surface area (Å²) in [5.41, 5.74) is 0. The van der Waals surface area contributed by atoms with Crippen LogP contribution < -0.4 is 0 Å². The highest BCUT2D eigenvalue weighted by molar-refractivity contribution is 7.80. The first kappa shape index (κ1) is 15.7. The summed E-state index contributed by atoms with van der Waals surface area (Å²) in [6.45, 7) is 5.25.